The molecule has 0 heterocycles. The molecule has 0 saturated carbocycles. The number of ether oxygens (including phenoxy) is 2. The van der Waals surface area contributed by atoms with E-state index in [1.807, 2.05) is 19.2 Å². The van der Waals surface area contributed by atoms with Gasteiger partial charge in [0.05, 0.1) is 19.2 Å². The van der Waals surface area contributed by atoms with Crippen molar-refractivity contribution in [1.29, 1.82) is 0 Å². The summed E-state index contributed by atoms with van der Waals surface area (Å²) in [6.07, 6.45) is 0. The van der Waals surface area contributed by atoms with E-state index in [9.17, 15) is 0 Å². The van der Waals surface area contributed by atoms with Gasteiger partial charge in [-0.3, -0.25) is 0 Å². The average molecular weight is 259 g/mol. The Labute approximate surface area is 107 Å². The largest absolute Gasteiger partial charge is 0.493 e. The first-order valence-electron chi connectivity index (χ1n) is 5.42. The minimum atomic E-state index is 0.577. The zero-order valence-corrected chi connectivity index (χ0v) is 11.3. The van der Waals surface area contributed by atoms with Crippen LogP contribution in [0.15, 0.2) is 12.1 Å². The van der Waals surface area contributed by atoms with Crippen LogP contribution in [-0.2, 0) is 6.54 Å². The van der Waals surface area contributed by atoms with E-state index in [1.165, 1.54) is 0 Å². The number of benzene rings is 1. The molecule has 0 amide bonds. The van der Waals surface area contributed by atoms with Gasteiger partial charge in [-0.15, -0.1) is 0 Å². The van der Waals surface area contributed by atoms with E-state index in [0.29, 0.717) is 23.1 Å². The minimum Gasteiger partial charge on any atom is -0.493 e. The van der Waals surface area contributed by atoms with Crippen LogP contribution in [0, 0.1) is 0 Å². The highest BCUT2D eigenvalue weighted by atomic mass is 35.5. The summed E-state index contributed by atoms with van der Waals surface area (Å²) in [6, 6.07) is 3.80. The van der Waals surface area contributed by atoms with Gasteiger partial charge in [-0.25, -0.2) is 0 Å². The quantitative estimate of drug-likeness (QED) is 0.845. The molecule has 0 fully saturated rings. The Balaban J connectivity index is 2.94. The molecular formula is C12H19ClN2O2. The number of nitrogens with two attached hydrogens (primary N) is 1. The second kappa shape index (κ2) is 6.69. The maximum Gasteiger partial charge on any atom is 0.179 e. The summed E-state index contributed by atoms with van der Waals surface area (Å²) in [5.41, 5.74) is 6.50. The molecular weight excluding hydrogens is 240 g/mol. The third kappa shape index (κ3) is 3.49. The maximum absolute atomic E-state index is 6.27. The second-order valence-electron chi connectivity index (χ2n) is 3.80. The fourth-order valence-electron chi connectivity index (χ4n) is 1.64. The molecule has 0 radical (unpaired) electrons. The summed E-state index contributed by atoms with van der Waals surface area (Å²) in [5.74, 6) is 1.22. The number of hydrogen-bond acceptors (Lipinski definition) is 4. The molecule has 0 aliphatic heterocycles. The second-order valence-corrected chi connectivity index (χ2v) is 4.18. The average Bonchev–Trinajstić information content (AvgIpc) is 2.31. The van der Waals surface area contributed by atoms with Crippen molar-refractivity contribution in [3.8, 4) is 11.5 Å². The molecule has 0 bridgehead atoms. The van der Waals surface area contributed by atoms with E-state index in [4.69, 9.17) is 26.8 Å². The molecule has 1 rings (SSSR count). The molecule has 96 valence electrons. The van der Waals surface area contributed by atoms with Gasteiger partial charge in [0, 0.05) is 19.6 Å². The molecule has 2 N–H and O–H groups in total. The van der Waals surface area contributed by atoms with E-state index >= 15 is 0 Å². The number of nitrogens with zero attached hydrogens (tertiary/aromatic N) is 1. The van der Waals surface area contributed by atoms with Gasteiger partial charge in [0.1, 0.15) is 0 Å². The summed E-state index contributed by atoms with van der Waals surface area (Å²) in [4.78, 5) is 2.10. The number of rotatable bonds is 6. The van der Waals surface area contributed by atoms with Crippen LogP contribution >= 0.6 is 11.6 Å². The molecule has 0 aliphatic rings. The van der Waals surface area contributed by atoms with Gasteiger partial charge >= 0.3 is 0 Å². The number of likely N-dealkylation sites (N-methyl/N-ethyl adjacent to an activating group) is 1. The van der Waals surface area contributed by atoms with Gasteiger partial charge < -0.3 is 20.1 Å². The molecule has 5 heteroatoms. The van der Waals surface area contributed by atoms with Crippen LogP contribution in [0.2, 0.25) is 5.02 Å². The van der Waals surface area contributed by atoms with Gasteiger partial charge in [0.2, 0.25) is 0 Å². The van der Waals surface area contributed by atoms with Crippen LogP contribution in [-0.4, -0.2) is 39.3 Å². The highest BCUT2D eigenvalue weighted by molar-refractivity contribution is 6.33. The highest BCUT2D eigenvalue weighted by Crippen LogP contribution is 2.37. The third-order valence-electron chi connectivity index (χ3n) is 2.52. The van der Waals surface area contributed by atoms with E-state index in [1.54, 1.807) is 14.2 Å². The lowest BCUT2D eigenvalue weighted by Gasteiger charge is -2.18. The van der Waals surface area contributed by atoms with Gasteiger partial charge in [-0.05, 0) is 18.7 Å². The van der Waals surface area contributed by atoms with Crippen molar-refractivity contribution in [3.05, 3.63) is 22.7 Å². The first-order chi connectivity index (χ1) is 8.13. The molecule has 4 nitrogen and oxygen atoms in total. The lowest BCUT2D eigenvalue weighted by atomic mass is 10.2. The van der Waals surface area contributed by atoms with Crippen LogP contribution in [0.5, 0.6) is 11.5 Å². The van der Waals surface area contributed by atoms with Crippen LogP contribution in [0.4, 0.5) is 0 Å². The van der Waals surface area contributed by atoms with Crippen LogP contribution in [0.3, 0.4) is 0 Å². The van der Waals surface area contributed by atoms with Crippen molar-refractivity contribution in [2.75, 3.05) is 34.4 Å². The molecule has 0 spiro atoms. The Kier molecular flexibility index (Phi) is 5.55. The Morgan fingerprint density at radius 3 is 2.53 bits per heavy atom. The third-order valence-corrected chi connectivity index (χ3v) is 2.93. The fraction of sp³-hybridized carbons (Fsp3) is 0.500. The normalized spacial score (nSPS) is 10.7. The first kappa shape index (κ1) is 14.1. The predicted molar refractivity (Wildman–Crippen MR) is 69.9 cm³/mol. The summed E-state index contributed by atoms with van der Waals surface area (Å²) in [5, 5.41) is 0.593. The maximum atomic E-state index is 6.27. The van der Waals surface area contributed by atoms with Gasteiger partial charge in [0.25, 0.3) is 0 Å². The summed E-state index contributed by atoms with van der Waals surface area (Å²) in [6.45, 7) is 2.18. The molecule has 0 unspecified atom stereocenters. The van der Waals surface area contributed by atoms with Gasteiger partial charge in [-0.1, -0.05) is 17.7 Å². The van der Waals surface area contributed by atoms with Gasteiger partial charge in [-0.2, -0.15) is 0 Å². The lowest BCUT2D eigenvalue weighted by molar-refractivity contribution is 0.332. The first-order valence-corrected chi connectivity index (χ1v) is 5.79. The van der Waals surface area contributed by atoms with Crippen LogP contribution in [0.1, 0.15) is 5.56 Å². The van der Waals surface area contributed by atoms with E-state index in [-0.39, 0.29) is 0 Å². The number of hydrogen-bond donors (Lipinski definition) is 1. The smallest absolute Gasteiger partial charge is 0.179 e. The molecule has 17 heavy (non-hydrogen) atoms. The van der Waals surface area contributed by atoms with Crippen molar-refractivity contribution in [3.63, 3.8) is 0 Å². The lowest BCUT2D eigenvalue weighted by Crippen LogP contribution is -2.25. The fourth-order valence-corrected chi connectivity index (χ4v) is 1.94. The SMILES string of the molecule is COc1ccc(CN(C)CCN)c(Cl)c1OC. The zero-order chi connectivity index (χ0) is 12.8. The van der Waals surface area contributed by atoms with Crippen LogP contribution in [0.25, 0.3) is 0 Å². The minimum absolute atomic E-state index is 0.577. The Morgan fingerprint density at radius 2 is 2.00 bits per heavy atom. The van der Waals surface area contributed by atoms with E-state index < -0.39 is 0 Å². The van der Waals surface area contributed by atoms with Crippen molar-refractivity contribution >= 4 is 11.6 Å². The summed E-state index contributed by atoms with van der Waals surface area (Å²) < 4.78 is 10.4. The topological polar surface area (TPSA) is 47.7 Å². The van der Waals surface area contributed by atoms with Gasteiger partial charge in [0.15, 0.2) is 11.5 Å². The highest BCUT2D eigenvalue weighted by Gasteiger charge is 2.13. The number of methoxy groups -OCH3 is 2. The summed E-state index contributed by atoms with van der Waals surface area (Å²) in [7, 11) is 5.17. The summed E-state index contributed by atoms with van der Waals surface area (Å²) >= 11 is 6.27. The standard InChI is InChI=1S/C12H19ClN2O2/c1-15(7-6-14)8-9-4-5-10(16-2)12(17-3)11(9)13/h4-5H,6-8,14H2,1-3H3. The zero-order valence-electron chi connectivity index (χ0n) is 10.5. The Bertz CT molecular complexity index is 372. The number of halogens is 1. The molecule has 0 aliphatic carbocycles. The van der Waals surface area contributed by atoms with Crippen molar-refractivity contribution in [2.45, 2.75) is 6.54 Å². The van der Waals surface area contributed by atoms with Crippen molar-refractivity contribution in [2.24, 2.45) is 5.73 Å². The van der Waals surface area contributed by atoms with E-state index in [2.05, 4.69) is 4.90 Å². The van der Waals surface area contributed by atoms with E-state index in [0.717, 1.165) is 18.7 Å². The van der Waals surface area contributed by atoms with Crippen molar-refractivity contribution < 1.29 is 9.47 Å². The Hall–Kier alpha value is -0.970. The predicted octanol–water partition coefficient (Wildman–Crippen LogP) is 1.75. The monoisotopic (exact) mass is 258 g/mol. The molecule has 0 saturated heterocycles. The van der Waals surface area contributed by atoms with Crippen LogP contribution < -0.4 is 15.2 Å². The molecule has 1 aromatic rings. The Morgan fingerprint density at radius 1 is 1.29 bits per heavy atom. The molecule has 0 atom stereocenters. The molecule has 1 aromatic carbocycles. The van der Waals surface area contributed by atoms with Crippen molar-refractivity contribution in [1.82, 2.24) is 4.90 Å². The molecule has 0 aromatic heterocycles.